The first-order valence-corrected chi connectivity index (χ1v) is 26.2. The molecule has 0 rings (SSSR count). The van der Waals surface area contributed by atoms with E-state index in [1.54, 1.807) is 0 Å². The van der Waals surface area contributed by atoms with E-state index in [9.17, 15) is 9.59 Å². The van der Waals surface area contributed by atoms with E-state index in [0.29, 0.717) is 13.2 Å². The first kappa shape index (κ1) is 59.8. The number of carbonyl (C=O) groups is 2. The van der Waals surface area contributed by atoms with E-state index in [1.165, 1.54) is 181 Å². The predicted octanol–water partition coefficient (Wildman–Crippen LogP) is 14.4. The van der Waals surface area contributed by atoms with Crippen LogP contribution in [0.4, 0.5) is 0 Å². The number of hydrogen-bond acceptors (Lipinski definition) is 8. The van der Waals surface area contributed by atoms with Crippen molar-refractivity contribution in [3.8, 4) is 0 Å². The van der Waals surface area contributed by atoms with Crippen LogP contribution in [0, 0.1) is 0 Å². The molecule has 8 nitrogen and oxygen atoms in total. The summed E-state index contributed by atoms with van der Waals surface area (Å²) in [7, 11) is 2.98. The highest BCUT2D eigenvalue weighted by atomic mass is 16.5. The molecule has 0 heterocycles. The molecular weight excluding hydrogens is 761 g/mol. The van der Waals surface area contributed by atoms with Gasteiger partial charge < -0.3 is 18.9 Å². The number of carbonyl (C=O) groups excluding carboxylic acids is 2. The number of methoxy groups -OCH3 is 2. The molecule has 0 aromatic rings. The van der Waals surface area contributed by atoms with E-state index < -0.39 is 12.1 Å². The van der Waals surface area contributed by atoms with Crippen LogP contribution < -0.4 is 0 Å². The molecule has 0 radical (unpaired) electrons. The Hall–Kier alpha value is -1.22. The monoisotopic (exact) mass is 867 g/mol. The number of ether oxygens (including phenoxy) is 4. The van der Waals surface area contributed by atoms with Gasteiger partial charge in [-0.05, 0) is 93.4 Å². The molecule has 2 atom stereocenters. The number of hydrogen-bond donors (Lipinski definition) is 0. The Morgan fingerprint density at radius 2 is 0.557 bits per heavy atom. The zero-order valence-electron chi connectivity index (χ0n) is 42.7. The van der Waals surface area contributed by atoms with Crippen LogP contribution in [0.1, 0.15) is 254 Å². The van der Waals surface area contributed by atoms with Crippen LogP contribution in [0.2, 0.25) is 0 Å². The van der Waals surface area contributed by atoms with E-state index in [2.05, 4.69) is 23.6 Å². The SMILES string of the molecule is CCCCCCCCCCCCCCCCN(CCCCCN(CCCCCCCCCCCCCCCC)[C@@H](COC(C)(C)C)C(=O)OC)[C@@H](COC(C)(C)C)C(=O)OC. The van der Waals surface area contributed by atoms with Crippen molar-refractivity contribution >= 4 is 11.9 Å². The minimum absolute atomic E-state index is 0.214. The summed E-state index contributed by atoms with van der Waals surface area (Å²) in [5, 5.41) is 0. The van der Waals surface area contributed by atoms with Gasteiger partial charge in [0, 0.05) is 0 Å². The molecule has 0 aromatic heterocycles. The Kier molecular flexibility index (Phi) is 39.5. The summed E-state index contributed by atoms with van der Waals surface area (Å²) >= 11 is 0. The molecule has 0 unspecified atom stereocenters. The minimum Gasteiger partial charge on any atom is -0.468 e. The second kappa shape index (κ2) is 40.3. The fourth-order valence-corrected chi connectivity index (χ4v) is 8.25. The van der Waals surface area contributed by atoms with Gasteiger partial charge in [0.05, 0.1) is 38.6 Å². The summed E-state index contributed by atoms with van der Waals surface area (Å²) in [6.07, 6.45) is 40.1. The third-order valence-corrected chi connectivity index (χ3v) is 12.2. The van der Waals surface area contributed by atoms with Crippen molar-refractivity contribution in [2.75, 3.05) is 53.6 Å². The molecule has 0 aliphatic rings. The molecule has 0 bridgehead atoms. The van der Waals surface area contributed by atoms with Crippen LogP contribution in [0.15, 0.2) is 0 Å². The largest absolute Gasteiger partial charge is 0.468 e. The molecule has 0 N–H and O–H groups in total. The van der Waals surface area contributed by atoms with Gasteiger partial charge >= 0.3 is 11.9 Å². The summed E-state index contributed by atoms with van der Waals surface area (Å²) in [4.78, 5) is 31.0. The van der Waals surface area contributed by atoms with Crippen LogP contribution in [-0.2, 0) is 28.5 Å². The van der Waals surface area contributed by atoms with Crippen molar-refractivity contribution in [1.29, 1.82) is 0 Å². The average Bonchev–Trinajstić information content (AvgIpc) is 3.21. The Labute approximate surface area is 380 Å². The van der Waals surface area contributed by atoms with Crippen molar-refractivity contribution in [2.24, 2.45) is 0 Å². The number of nitrogens with zero attached hydrogens (tertiary/aromatic N) is 2. The van der Waals surface area contributed by atoms with E-state index in [0.717, 1.165) is 58.3 Å². The average molecular weight is 867 g/mol. The van der Waals surface area contributed by atoms with Gasteiger partial charge in [0.1, 0.15) is 12.1 Å². The first-order valence-electron chi connectivity index (χ1n) is 26.2. The number of unbranched alkanes of at least 4 members (excludes halogenated alkanes) is 28. The van der Waals surface area contributed by atoms with E-state index in [1.807, 2.05) is 41.5 Å². The van der Waals surface area contributed by atoms with Crippen LogP contribution in [0.3, 0.4) is 0 Å². The third-order valence-electron chi connectivity index (χ3n) is 12.2. The summed E-state index contributed by atoms with van der Waals surface area (Å²) in [6.45, 7) is 20.8. The lowest BCUT2D eigenvalue weighted by Crippen LogP contribution is -2.47. The lowest BCUT2D eigenvalue weighted by atomic mass is 10.0. The van der Waals surface area contributed by atoms with Crippen molar-refractivity contribution in [2.45, 2.75) is 278 Å². The van der Waals surface area contributed by atoms with Crippen molar-refractivity contribution in [3.63, 3.8) is 0 Å². The van der Waals surface area contributed by atoms with Crippen molar-refractivity contribution in [1.82, 2.24) is 9.80 Å². The highest BCUT2D eigenvalue weighted by Gasteiger charge is 2.30. The van der Waals surface area contributed by atoms with Crippen molar-refractivity contribution < 1.29 is 28.5 Å². The number of esters is 2. The maximum Gasteiger partial charge on any atom is 0.325 e. The summed E-state index contributed by atoms with van der Waals surface area (Å²) in [6, 6.07) is -0.831. The quantitative estimate of drug-likeness (QED) is 0.0443. The van der Waals surface area contributed by atoms with Gasteiger partial charge in [-0.3, -0.25) is 19.4 Å². The molecule has 0 aliphatic heterocycles. The summed E-state index contributed by atoms with van der Waals surface area (Å²) in [5.74, 6) is -0.428. The van der Waals surface area contributed by atoms with Crippen LogP contribution in [-0.4, -0.2) is 98.6 Å². The Balaban J connectivity index is 5.14. The zero-order valence-corrected chi connectivity index (χ0v) is 42.7. The molecule has 0 saturated heterocycles. The molecule has 0 amide bonds. The van der Waals surface area contributed by atoms with Gasteiger partial charge in [-0.2, -0.15) is 0 Å². The number of rotatable bonds is 44. The second-order valence-corrected chi connectivity index (χ2v) is 20.2. The minimum atomic E-state index is -0.415. The fraction of sp³-hybridized carbons (Fsp3) is 0.962. The molecule has 61 heavy (non-hydrogen) atoms. The highest BCUT2D eigenvalue weighted by molar-refractivity contribution is 5.76. The molecule has 0 fully saturated rings. The Bertz CT molecular complexity index is 903. The molecule has 8 heteroatoms. The topological polar surface area (TPSA) is 77.5 Å². The molecule has 0 aromatic carbocycles. The summed E-state index contributed by atoms with van der Waals surface area (Å²) in [5.41, 5.74) is -0.674. The molecule has 0 saturated carbocycles. The standard InChI is InChI=1S/C53H106N2O6/c1-11-13-15-17-19-21-23-25-27-29-31-33-35-38-42-54(48(50(56)58-9)46-60-52(3,4)5)44-40-37-41-45-55(49(51(57)59-10)47-61-53(6,7)8)43-39-36-34-32-30-28-26-24-22-20-18-16-14-12-2/h48-49H,11-47H2,1-10H3/t48-,49-/m0/s1. The lowest BCUT2D eigenvalue weighted by molar-refractivity contribution is -0.152. The predicted molar refractivity (Wildman–Crippen MR) is 261 cm³/mol. The summed E-state index contributed by atoms with van der Waals surface area (Å²) < 4.78 is 23.0. The third kappa shape index (κ3) is 37.8. The Morgan fingerprint density at radius 3 is 0.754 bits per heavy atom. The Morgan fingerprint density at radius 1 is 0.361 bits per heavy atom. The molecular formula is C53H106N2O6. The van der Waals surface area contributed by atoms with Gasteiger partial charge in [-0.1, -0.05) is 187 Å². The second-order valence-electron chi connectivity index (χ2n) is 20.2. The van der Waals surface area contributed by atoms with Gasteiger partial charge in [-0.15, -0.1) is 0 Å². The van der Waals surface area contributed by atoms with E-state index in [-0.39, 0.29) is 23.1 Å². The molecule has 364 valence electrons. The fourth-order valence-electron chi connectivity index (χ4n) is 8.25. The van der Waals surface area contributed by atoms with Crippen LogP contribution in [0.5, 0.6) is 0 Å². The first-order chi connectivity index (χ1) is 29.3. The smallest absolute Gasteiger partial charge is 0.325 e. The maximum atomic E-state index is 13.2. The van der Waals surface area contributed by atoms with Gasteiger partial charge in [0.15, 0.2) is 0 Å². The highest BCUT2D eigenvalue weighted by Crippen LogP contribution is 2.19. The van der Waals surface area contributed by atoms with Gasteiger partial charge in [0.25, 0.3) is 0 Å². The maximum absolute atomic E-state index is 13.2. The van der Waals surface area contributed by atoms with Gasteiger partial charge in [-0.25, -0.2) is 0 Å². The van der Waals surface area contributed by atoms with Gasteiger partial charge in [0.2, 0.25) is 0 Å². The van der Waals surface area contributed by atoms with Crippen LogP contribution in [0.25, 0.3) is 0 Å². The lowest BCUT2D eigenvalue weighted by Gasteiger charge is -2.33. The van der Waals surface area contributed by atoms with Crippen LogP contribution >= 0.6 is 0 Å². The van der Waals surface area contributed by atoms with E-state index >= 15 is 0 Å². The normalized spacial score (nSPS) is 13.3. The van der Waals surface area contributed by atoms with Crippen molar-refractivity contribution in [3.05, 3.63) is 0 Å². The zero-order chi connectivity index (χ0) is 45.5. The molecule has 0 aliphatic carbocycles. The molecule has 0 spiro atoms. The van der Waals surface area contributed by atoms with E-state index in [4.69, 9.17) is 18.9 Å².